The zero-order valence-electron chi connectivity index (χ0n) is 69.7. The van der Waals surface area contributed by atoms with E-state index < -0.39 is 97.5 Å². The van der Waals surface area contributed by atoms with E-state index in [9.17, 15) is 43.2 Å². The van der Waals surface area contributed by atoms with Gasteiger partial charge in [0.15, 0.2) is 12.2 Å². The molecule has 630 valence electrons. The molecule has 0 saturated carbocycles. The number of hydrogen-bond acceptors (Lipinski definition) is 15. The monoisotopic (exact) mass is 1550 g/mol. The van der Waals surface area contributed by atoms with E-state index in [0.717, 1.165) is 102 Å². The van der Waals surface area contributed by atoms with Gasteiger partial charge in [-0.25, -0.2) is 9.13 Å². The lowest BCUT2D eigenvalue weighted by Crippen LogP contribution is -2.30. The minimum Gasteiger partial charge on any atom is -0.462 e. The van der Waals surface area contributed by atoms with Gasteiger partial charge in [0.25, 0.3) is 0 Å². The summed E-state index contributed by atoms with van der Waals surface area (Å²) in [6.45, 7) is 9.67. The van der Waals surface area contributed by atoms with Crippen LogP contribution in [0.3, 0.4) is 0 Å². The summed E-state index contributed by atoms with van der Waals surface area (Å²) >= 11 is 0. The van der Waals surface area contributed by atoms with Crippen molar-refractivity contribution in [3.8, 4) is 0 Å². The van der Waals surface area contributed by atoms with Crippen LogP contribution in [0.15, 0.2) is 0 Å². The smallest absolute Gasteiger partial charge is 0.462 e. The molecule has 106 heavy (non-hydrogen) atoms. The largest absolute Gasteiger partial charge is 0.472 e. The highest BCUT2D eigenvalue weighted by Crippen LogP contribution is 2.45. The fourth-order valence-electron chi connectivity index (χ4n) is 13.6. The standard InChI is InChI=1S/C87H170O17P2/c1-7-10-12-14-16-18-20-22-23-24-25-26-27-28-32-35-38-42-45-51-57-63-69-84(89)97-75-82(103-87(92)72-66-60-53-47-43-39-36-33-30-29-31-34-37-40-44-50-56-62-68-80(6)9-3)77-101-105(93,94)99-73-81(88)74-100-106(95,96)102-78-83(76-98-85(90)70-64-58-54-48-49-55-61-67-79(4)5)104-86(91)71-65-59-52-46-41-21-19-17-15-13-11-8-2/h79-83,88H,7-78H2,1-6H3,(H,93,94)(H,95,96)/t80?,81-,82-,83-/m1/s1. The normalized spacial score (nSPS) is 14.1. The number of phosphoric ester groups is 2. The van der Waals surface area contributed by atoms with Crippen LogP contribution in [0.5, 0.6) is 0 Å². The molecule has 0 aromatic heterocycles. The van der Waals surface area contributed by atoms with Gasteiger partial charge >= 0.3 is 39.5 Å². The second-order valence-electron chi connectivity index (χ2n) is 32.0. The number of ether oxygens (including phenoxy) is 4. The molecule has 0 bridgehead atoms. The quantitative estimate of drug-likeness (QED) is 0.0222. The van der Waals surface area contributed by atoms with E-state index in [-0.39, 0.29) is 25.7 Å². The molecule has 6 atom stereocenters. The fourth-order valence-corrected chi connectivity index (χ4v) is 15.1. The van der Waals surface area contributed by atoms with Crippen LogP contribution in [0, 0.1) is 11.8 Å². The van der Waals surface area contributed by atoms with E-state index >= 15 is 0 Å². The van der Waals surface area contributed by atoms with Crippen molar-refractivity contribution in [2.45, 2.75) is 484 Å². The molecule has 0 rings (SSSR count). The first kappa shape index (κ1) is 104. The van der Waals surface area contributed by atoms with Crippen LogP contribution in [-0.2, 0) is 65.4 Å². The van der Waals surface area contributed by atoms with Crippen LogP contribution in [0.2, 0.25) is 0 Å². The molecular formula is C87H170O17P2. The summed E-state index contributed by atoms with van der Waals surface area (Å²) in [7, 11) is -9.93. The highest BCUT2D eigenvalue weighted by Gasteiger charge is 2.30. The Bertz CT molecular complexity index is 2030. The Morgan fingerprint density at radius 2 is 0.481 bits per heavy atom. The maximum absolute atomic E-state index is 13.2. The maximum atomic E-state index is 13.2. The number of esters is 4. The predicted octanol–water partition coefficient (Wildman–Crippen LogP) is 26.6. The second-order valence-corrected chi connectivity index (χ2v) is 34.9. The average Bonchev–Trinajstić information content (AvgIpc) is 0.902. The Balaban J connectivity index is 5.18. The summed E-state index contributed by atoms with van der Waals surface area (Å²) in [5.41, 5.74) is 0. The molecule has 0 fully saturated rings. The first-order chi connectivity index (χ1) is 51.4. The average molecular weight is 1550 g/mol. The molecule has 0 heterocycles. The lowest BCUT2D eigenvalue weighted by molar-refractivity contribution is -0.161. The number of aliphatic hydroxyl groups is 1. The van der Waals surface area contributed by atoms with Crippen molar-refractivity contribution in [3.63, 3.8) is 0 Å². The highest BCUT2D eigenvalue weighted by atomic mass is 31.2. The number of unbranched alkanes of at least 4 members (excludes halogenated alkanes) is 55. The molecule has 19 heteroatoms. The Hall–Kier alpha value is -1.94. The van der Waals surface area contributed by atoms with Gasteiger partial charge in [-0.15, -0.1) is 0 Å². The van der Waals surface area contributed by atoms with Crippen molar-refractivity contribution < 1.29 is 80.2 Å². The van der Waals surface area contributed by atoms with Gasteiger partial charge in [-0.2, -0.15) is 0 Å². The zero-order valence-corrected chi connectivity index (χ0v) is 71.5. The summed E-state index contributed by atoms with van der Waals surface area (Å²) in [6, 6.07) is 0. The summed E-state index contributed by atoms with van der Waals surface area (Å²) in [5, 5.41) is 10.7. The number of carbonyl (C=O) groups excluding carboxylic acids is 4. The van der Waals surface area contributed by atoms with E-state index in [1.807, 2.05) is 0 Å². The van der Waals surface area contributed by atoms with Gasteiger partial charge in [0.05, 0.1) is 26.4 Å². The molecule has 3 unspecified atom stereocenters. The third-order valence-electron chi connectivity index (χ3n) is 20.8. The SMILES string of the molecule is CCCCCCCCCCCCCCCCCCCCCCCCC(=O)OC[C@H](COP(=O)(O)OC[C@@H](O)COP(=O)(O)OC[C@@H](COC(=O)CCCCCCCCCC(C)C)OC(=O)CCCCCCCCCCCCCC)OC(=O)CCCCCCCCCCCCCCCCCCCCC(C)CC. The molecular weight excluding hydrogens is 1380 g/mol. The zero-order chi connectivity index (χ0) is 77.8. The van der Waals surface area contributed by atoms with Crippen molar-refractivity contribution in [2.24, 2.45) is 11.8 Å². The minimum absolute atomic E-state index is 0.107. The van der Waals surface area contributed by atoms with Crippen molar-refractivity contribution in [1.29, 1.82) is 0 Å². The van der Waals surface area contributed by atoms with Crippen LogP contribution in [0.1, 0.15) is 465 Å². The molecule has 0 radical (unpaired) electrons. The van der Waals surface area contributed by atoms with Gasteiger partial charge < -0.3 is 33.8 Å². The number of rotatable bonds is 86. The van der Waals surface area contributed by atoms with E-state index in [2.05, 4.69) is 41.5 Å². The van der Waals surface area contributed by atoms with Crippen LogP contribution in [0.4, 0.5) is 0 Å². The van der Waals surface area contributed by atoms with Gasteiger partial charge in [0.1, 0.15) is 19.3 Å². The van der Waals surface area contributed by atoms with Crippen molar-refractivity contribution in [2.75, 3.05) is 39.6 Å². The van der Waals surface area contributed by atoms with Gasteiger partial charge in [-0.1, -0.05) is 414 Å². The van der Waals surface area contributed by atoms with Gasteiger partial charge in [0, 0.05) is 25.7 Å². The van der Waals surface area contributed by atoms with E-state index in [0.29, 0.717) is 31.6 Å². The molecule has 0 aromatic carbocycles. The van der Waals surface area contributed by atoms with E-state index in [1.54, 1.807) is 0 Å². The molecule has 0 aliphatic carbocycles. The van der Waals surface area contributed by atoms with Crippen LogP contribution in [0.25, 0.3) is 0 Å². The summed E-state index contributed by atoms with van der Waals surface area (Å²) < 4.78 is 68.8. The van der Waals surface area contributed by atoms with Crippen LogP contribution >= 0.6 is 15.6 Å². The Labute approximate surface area is 651 Å². The Morgan fingerprint density at radius 1 is 0.274 bits per heavy atom. The number of phosphoric acid groups is 2. The van der Waals surface area contributed by atoms with Crippen molar-refractivity contribution >= 4 is 39.5 Å². The number of carbonyl (C=O) groups is 4. The molecule has 0 aromatic rings. The second kappa shape index (κ2) is 78.3. The third kappa shape index (κ3) is 78.7. The summed E-state index contributed by atoms with van der Waals surface area (Å²) in [4.78, 5) is 73.2. The molecule has 0 spiro atoms. The minimum atomic E-state index is -4.97. The molecule has 17 nitrogen and oxygen atoms in total. The molecule has 3 N–H and O–H groups in total. The highest BCUT2D eigenvalue weighted by molar-refractivity contribution is 7.47. The maximum Gasteiger partial charge on any atom is 0.472 e. The molecule has 0 saturated heterocycles. The van der Waals surface area contributed by atoms with Crippen molar-refractivity contribution in [1.82, 2.24) is 0 Å². The van der Waals surface area contributed by atoms with Gasteiger partial charge in [-0.3, -0.25) is 37.3 Å². The lowest BCUT2D eigenvalue weighted by atomic mass is 9.99. The number of aliphatic hydroxyl groups excluding tert-OH is 1. The van der Waals surface area contributed by atoms with E-state index in [1.165, 1.54) is 276 Å². The molecule has 0 aliphatic rings. The Kier molecular flexibility index (Phi) is 76.9. The van der Waals surface area contributed by atoms with Gasteiger partial charge in [0.2, 0.25) is 0 Å². The summed E-state index contributed by atoms with van der Waals surface area (Å²) in [5.74, 6) is -0.528. The third-order valence-corrected chi connectivity index (χ3v) is 22.7. The van der Waals surface area contributed by atoms with Gasteiger partial charge in [-0.05, 0) is 37.5 Å². The topological polar surface area (TPSA) is 237 Å². The van der Waals surface area contributed by atoms with Crippen molar-refractivity contribution in [3.05, 3.63) is 0 Å². The fraction of sp³-hybridized carbons (Fsp3) is 0.954. The number of hydrogen-bond donors (Lipinski definition) is 3. The van der Waals surface area contributed by atoms with E-state index in [4.69, 9.17) is 37.0 Å². The lowest BCUT2D eigenvalue weighted by Gasteiger charge is -2.21. The molecule has 0 aliphatic heterocycles. The summed E-state index contributed by atoms with van der Waals surface area (Å²) in [6.07, 6.45) is 71.1. The first-order valence-electron chi connectivity index (χ1n) is 45.0. The van der Waals surface area contributed by atoms with Crippen LogP contribution < -0.4 is 0 Å². The Morgan fingerprint density at radius 3 is 0.717 bits per heavy atom. The molecule has 0 amide bonds. The van der Waals surface area contributed by atoms with Crippen LogP contribution in [-0.4, -0.2) is 96.7 Å². The predicted molar refractivity (Wildman–Crippen MR) is 437 cm³/mol. The first-order valence-corrected chi connectivity index (χ1v) is 48.0.